The fourth-order valence-corrected chi connectivity index (χ4v) is 2.14. The highest BCUT2D eigenvalue weighted by Gasteiger charge is 2.24. The van der Waals surface area contributed by atoms with Crippen LogP contribution in [0.1, 0.15) is 11.4 Å². The van der Waals surface area contributed by atoms with E-state index in [-0.39, 0.29) is 5.71 Å². The number of methoxy groups -OCH3 is 1. The van der Waals surface area contributed by atoms with Crippen molar-refractivity contribution in [3.8, 4) is 11.1 Å². The molecule has 20 heavy (non-hydrogen) atoms. The first-order chi connectivity index (χ1) is 9.60. The van der Waals surface area contributed by atoms with E-state index in [4.69, 9.17) is 5.21 Å². The van der Waals surface area contributed by atoms with Gasteiger partial charge in [-0.25, -0.2) is 4.79 Å². The number of carbonyl (C=O) groups excluding carboxylic acids is 1. The summed E-state index contributed by atoms with van der Waals surface area (Å²) in [7, 11) is 3.07. The molecule has 0 amide bonds. The van der Waals surface area contributed by atoms with Crippen LogP contribution in [0, 0.1) is 6.92 Å². The van der Waals surface area contributed by atoms with E-state index in [0.717, 1.165) is 16.8 Å². The topological polar surface area (TPSA) is 63.8 Å². The Labute approximate surface area is 117 Å². The lowest BCUT2D eigenvalue weighted by molar-refractivity contribution is -0.132. The summed E-state index contributed by atoms with van der Waals surface area (Å²) in [5.74, 6) is -0.675. The van der Waals surface area contributed by atoms with Gasteiger partial charge in [0.05, 0.1) is 12.8 Å². The largest absolute Gasteiger partial charge is 0.464 e. The summed E-state index contributed by atoms with van der Waals surface area (Å²) in [6.45, 7) is 1.92. The van der Waals surface area contributed by atoms with Crippen molar-refractivity contribution >= 4 is 11.7 Å². The highest BCUT2D eigenvalue weighted by molar-refractivity contribution is 6.43. The zero-order valence-corrected chi connectivity index (χ0v) is 11.6. The van der Waals surface area contributed by atoms with Crippen molar-refractivity contribution in [1.82, 2.24) is 4.57 Å². The predicted molar refractivity (Wildman–Crippen MR) is 75.9 cm³/mol. The molecule has 5 nitrogen and oxygen atoms in total. The number of hydrogen-bond donors (Lipinski definition) is 1. The van der Waals surface area contributed by atoms with Gasteiger partial charge in [0.25, 0.3) is 0 Å². The van der Waals surface area contributed by atoms with Gasteiger partial charge in [0, 0.05) is 18.3 Å². The van der Waals surface area contributed by atoms with Crippen molar-refractivity contribution in [2.45, 2.75) is 6.92 Å². The summed E-state index contributed by atoms with van der Waals surface area (Å²) in [6.07, 6.45) is 0. The second-order valence-corrected chi connectivity index (χ2v) is 4.41. The van der Waals surface area contributed by atoms with Crippen LogP contribution in [0.25, 0.3) is 11.1 Å². The normalized spacial score (nSPS) is 11.4. The van der Waals surface area contributed by atoms with Gasteiger partial charge in [-0.15, -0.1) is 0 Å². The van der Waals surface area contributed by atoms with Crippen molar-refractivity contribution in [3.63, 3.8) is 0 Å². The molecule has 1 aromatic heterocycles. The maximum atomic E-state index is 11.8. The van der Waals surface area contributed by atoms with Crippen LogP contribution in [-0.4, -0.2) is 28.6 Å². The molecule has 0 aliphatic rings. The molecular weight excluding hydrogens is 256 g/mol. The summed E-state index contributed by atoms with van der Waals surface area (Å²) in [5, 5.41) is 12.3. The lowest BCUT2D eigenvalue weighted by Crippen LogP contribution is -2.21. The number of nitrogens with zero attached hydrogens (tertiary/aromatic N) is 2. The molecule has 0 bridgehead atoms. The highest BCUT2D eigenvalue weighted by atomic mass is 16.5. The number of esters is 1. The van der Waals surface area contributed by atoms with Crippen LogP contribution in [0.3, 0.4) is 0 Å². The molecule has 0 aliphatic carbocycles. The molecular formula is C15H16N2O3. The number of ether oxygens (including phenoxy) is 1. The van der Waals surface area contributed by atoms with Gasteiger partial charge in [0.15, 0.2) is 0 Å². The highest BCUT2D eigenvalue weighted by Crippen LogP contribution is 2.27. The molecule has 0 fully saturated rings. The van der Waals surface area contributed by atoms with E-state index in [2.05, 4.69) is 9.89 Å². The van der Waals surface area contributed by atoms with Gasteiger partial charge in [-0.3, -0.25) is 0 Å². The zero-order valence-electron chi connectivity index (χ0n) is 11.6. The Morgan fingerprint density at radius 1 is 1.30 bits per heavy atom. The summed E-state index contributed by atoms with van der Waals surface area (Å²) in [4.78, 5) is 11.8. The second-order valence-electron chi connectivity index (χ2n) is 4.41. The smallest absolute Gasteiger partial charge is 0.362 e. The number of benzene rings is 1. The van der Waals surface area contributed by atoms with E-state index in [9.17, 15) is 4.79 Å². The molecule has 0 unspecified atom stereocenters. The van der Waals surface area contributed by atoms with E-state index in [1.165, 1.54) is 7.11 Å². The molecule has 1 N–H and O–H groups in total. The van der Waals surface area contributed by atoms with Crippen LogP contribution in [0.4, 0.5) is 0 Å². The first-order valence-corrected chi connectivity index (χ1v) is 6.12. The van der Waals surface area contributed by atoms with Crippen LogP contribution in [-0.2, 0) is 16.6 Å². The fourth-order valence-electron chi connectivity index (χ4n) is 2.14. The molecule has 2 aromatic rings. The van der Waals surface area contributed by atoms with Crippen molar-refractivity contribution in [2.24, 2.45) is 12.2 Å². The van der Waals surface area contributed by atoms with Crippen molar-refractivity contribution in [3.05, 3.63) is 47.8 Å². The van der Waals surface area contributed by atoms with Crippen LogP contribution in [0.2, 0.25) is 0 Å². The molecule has 0 radical (unpaired) electrons. The lowest BCUT2D eigenvalue weighted by Gasteiger charge is -2.09. The Kier molecular flexibility index (Phi) is 3.89. The standard InChI is InChI=1S/C15H16N2O3/c1-10-9-12(11-7-5-4-6-8-11)14(17(10)2)13(16-19)15(18)20-3/h4-9,19H,1-3H3. The Morgan fingerprint density at radius 3 is 2.50 bits per heavy atom. The minimum absolute atomic E-state index is 0.109. The fraction of sp³-hybridized carbons (Fsp3) is 0.200. The SMILES string of the molecule is COC(=O)C(=NO)c1c(-c2ccccc2)cc(C)n1C. The molecule has 0 atom stereocenters. The van der Waals surface area contributed by atoms with Crippen molar-refractivity contribution < 1.29 is 14.7 Å². The van der Waals surface area contributed by atoms with Gasteiger partial charge >= 0.3 is 5.97 Å². The predicted octanol–water partition coefficient (Wildman–Crippen LogP) is 2.35. The van der Waals surface area contributed by atoms with Gasteiger partial charge in [0.1, 0.15) is 0 Å². The Hall–Kier alpha value is -2.56. The molecule has 104 valence electrons. The Morgan fingerprint density at radius 2 is 1.95 bits per heavy atom. The average molecular weight is 272 g/mol. The number of carbonyl (C=O) groups is 1. The summed E-state index contributed by atoms with van der Waals surface area (Å²) >= 11 is 0. The molecule has 0 spiro atoms. The summed E-state index contributed by atoms with van der Waals surface area (Å²) in [5.41, 5.74) is 3.13. The first-order valence-electron chi connectivity index (χ1n) is 6.12. The zero-order chi connectivity index (χ0) is 14.7. The number of aromatic nitrogens is 1. The molecule has 5 heteroatoms. The summed E-state index contributed by atoms with van der Waals surface area (Å²) < 4.78 is 6.47. The molecule has 0 saturated carbocycles. The van der Waals surface area contributed by atoms with Crippen molar-refractivity contribution in [2.75, 3.05) is 7.11 Å². The third-order valence-corrected chi connectivity index (χ3v) is 3.26. The van der Waals surface area contributed by atoms with Crippen molar-refractivity contribution in [1.29, 1.82) is 0 Å². The molecule has 1 heterocycles. The lowest BCUT2D eigenvalue weighted by atomic mass is 10.0. The van der Waals surface area contributed by atoms with Crippen LogP contribution in [0.5, 0.6) is 0 Å². The van der Waals surface area contributed by atoms with Crippen LogP contribution < -0.4 is 0 Å². The molecule has 0 aliphatic heterocycles. The number of rotatable bonds is 3. The van der Waals surface area contributed by atoms with Gasteiger partial charge < -0.3 is 14.5 Å². The van der Waals surface area contributed by atoms with E-state index < -0.39 is 5.97 Å². The molecule has 1 aromatic carbocycles. The van der Waals surface area contributed by atoms with Gasteiger partial charge in [-0.1, -0.05) is 35.5 Å². The third kappa shape index (κ3) is 2.30. The summed E-state index contributed by atoms with van der Waals surface area (Å²) in [6, 6.07) is 11.6. The first kappa shape index (κ1) is 13.9. The minimum atomic E-state index is -0.675. The minimum Gasteiger partial charge on any atom is -0.464 e. The maximum absolute atomic E-state index is 11.8. The van der Waals surface area contributed by atoms with Crippen LogP contribution >= 0.6 is 0 Å². The number of oxime groups is 1. The van der Waals surface area contributed by atoms with Crippen LogP contribution in [0.15, 0.2) is 41.6 Å². The molecule has 0 saturated heterocycles. The Balaban J connectivity index is 2.67. The van der Waals surface area contributed by atoms with E-state index in [1.807, 2.05) is 50.4 Å². The number of aryl methyl sites for hydroxylation is 1. The quantitative estimate of drug-likeness (QED) is 0.404. The van der Waals surface area contributed by atoms with E-state index in [0.29, 0.717) is 5.69 Å². The van der Waals surface area contributed by atoms with Gasteiger partial charge in [0.2, 0.25) is 5.71 Å². The maximum Gasteiger partial charge on any atom is 0.362 e. The Bertz CT molecular complexity index is 657. The van der Waals surface area contributed by atoms with Gasteiger partial charge in [-0.05, 0) is 18.6 Å². The number of hydrogen-bond acceptors (Lipinski definition) is 4. The second kappa shape index (κ2) is 5.61. The monoisotopic (exact) mass is 272 g/mol. The van der Waals surface area contributed by atoms with E-state index in [1.54, 1.807) is 4.57 Å². The van der Waals surface area contributed by atoms with Gasteiger partial charge in [-0.2, -0.15) is 0 Å². The average Bonchev–Trinajstić information content (AvgIpc) is 2.77. The van der Waals surface area contributed by atoms with E-state index >= 15 is 0 Å². The third-order valence-electron chi connectivity index (χ3n) is 3.26. The molecule has 2 rings (SSSR count).